The highest BCUT2D eigenvalue weighted by Crippen LogP contribution is 2.36. The Hall–Kier alpha value is -1.42. The van der Waals surface area contributed by atoms with Crippen LogP contribution in [0.25, 0.3) is 0 Å². The third-order valence-corrected chi connectivity index (χ3v) is 4.02. The molecule has 1 heterocycles. The van der Waals surface area contributed by atoms with Crippen LogP contribution in [0.15, 0.2) is 24.5 Å². The third kappa shape index (κ3) is 2.12. The number of hydrogen-bond donors (Lipinski definition) is 1. The van der Waals surface area contributed by atoms with Gasteiger partial charge in [0.05, 0.1) is 5.54 Å². The molecule has 1 amide bonds. The van der Waals surface area contributed by atoms with E-state index < -0.39 is 5.54 Å². The molecule has 0 bridgehead atoms. The molecule has 1 aromatic heterocycles. The van der Waals surface area contributed by atoms with E-state index in [1.165, 1.54) is 0 Å². The molecule has 2 N–H and O–H groups in total. The Kier molecular flexibility index (Phi) is 2.82. The lowest BCUT2D eigenvalue weighted by atomic mass is 9.76. The summed E-state index contributed by atoms with van der Waals surface area (Å²) in [6.07, 6.45) is 8.53. The van der Waals surface area contributed by atoms with E-state index in [4.69, 9.17) is 5.73 Å². The van der Waals surface area contributed by atoms with Crippen LogP contribution in [0.5, 0.6) is 0 Å². The van der Waals surface area contributed by atoms with E-state index in [1.54, 1.807) is 12.4 Å². The van der Waals surface area contributed by atoms with E-state index in [9.17, 15) is 4.79 Å². The first kappa shape index (κ1) is 11.7. The summed E-state index contributed by atoms with van der Waals surface area (Å²) in [6, 6.07) is 4.34. The van der Waals surface area contributed by atoms with Crippen molar-refractivity contribution in [3.63, 3.8) is 0 Å². The predicted octanol–water partition coefficient (Wildman–Crippen LogP) is 1.45. The van der Waals surface area contributed by atoms with Gasteiger partial charge in [-0.15, -0.1) is 0 Å². The zero-order valence-corrected chi connectivity index (χ0v) is 10.5. The second-order valence-electron chi connectivity index (χ2n) is 5.53. The van der Waals surface area contributed by atoms with Crippen molar-refractivity contribution in [3.05, 3.63) is 30.1 Å². The quantitative estimate of drug-likeness (QED) is 0.873. The molecule has 0 atom stereocenters. The molecule has 0 saturated heterocycles. The topological polar surface area (TPSA) is 59.2 Å². The van der Waals surface area contributed by atoms with Gasteiger partial charge in [-0.2, -0.15) is 0 Å². The maximum atomic E-state index is 12.5. The lowest BCUT2D eigenvalue weighted by molar-refractivity contribution is -0.141. The third-order valence-electron chi connectivity index (χ3n) is 4.02. The minimum atomic E-state index is -0.574. The summed E-state index contributed by atoms with van der Waals surface area (Å²) in [6.45, 7) is 0.672. The Labute approximate surface area is 107 Å². The van der Waals surface area contributed by atoms with Crippen LogP contribution in [-0.2, 0) is 11.3 Å². The monoisotopic (exact) mass is 245 g/mol. The van der Waals surface area contributed by atoms with Gasteiger partial charge in [0.25, 0.3) is 0 Å². The zero-order chi connectivity index (χ0) is 12.6. The molecule has 4 nitrogen and oxygen atoms in total. The molecular weight excluding hydrogens is 226 g/mol. The number of nitrogens with zero attached hydrogens (tertiary/aromatic N) is 2. The number of hydrogen-bond acceptors (Lipinski definition) is 3. The lowest BCUT2D eigenvalue weighted by Crippen LogP contribution is -2.59. The summed E-state index contributed by atoms with van der Waals surface area (Å²) in [5, 5.41) is 0. The van der Waals surface area contributed by atoms with Gasteiger partial charge in [0.15, 0.2) is 0 Å². The summed E-state index contributed by atoms with van der Waals surface area (Å²) < 4.78 is 0. The first-order valence-electron chi connectivity index (χ1n) is 6.68. The summed E-state index contributed by atoms with van der Waals surface area (Å²) in [7, 11) is 0. The van der Waals surface area contributed by atoms with Crippen LogP contribution in [0.1, 0.15) is 37.7 Å². The number of rotatable bonds is 4. The van der Waals surface area contributed by atoms with Gasteiger partial charge in [-0.05, 0) is 49.8 Å². The molecule has 4 heteroatoms. The standard InChI is InChI=1S/C14H19N3O/c15-14(6-1-7-14)13(18)17(12-2-3-12)10-11-4-8-16-9-5-11/h4-5,8-9,12H,1-3,6-7,10,15H2. The van der Waals surface area contributed by atoms with Gasteiger partial charge < -0.3 is 10.6 Å². The Morgan fingerprint density at radius 3 is 2.56 bits per heavy atom. The van der Waals surface area contributed by atoms with Gasteiger partial charge >= 0.3 is 0 Å². The average molecular weight is 245 g/mol. The largest absolute Gasteiger partial charge is 0.334 e. The molecule has 1 aromatic rings. The van der Waals surface area contributed by atoms with Crippen LogP contribution in [0.4, 0.5) is 0 Å². The highest BCUT2D eigenvalue weighted by Gasteiger charge is 2.46. The maximum Gasteiger partial charge on any atom is 0.243 e. The maximum absolute atomic E-state index is 12.5. The van der Waals surface area contributed by atoms with E-state index in [1.807, 2.05) is 17.0 Å². The molecule has 3 rings (SSSR count). The molecular formula is C14H19N3O. The predicted molar refractivity (Wildman–Crippen MR) is 68.6 cm³/mol. The summed E-state index contributed by atoms with van der Waals surface area (Å²) in [4.78, 5) is 18.5. The zero-order valence-electron chi connectivity index (χ0n) is 10.5. The van der Waals surface area contributed by atoms with Crippen LogP contribution in [0, 0.1) is 0 Å². The molecule has 0 aliphatic heterocycles. The Balaban J connectivity index is 1.74. The molecule has 0 radical (unpaired) electrons. The second kappa shape index (κ2) is 4.35. The fraction of sp³-hybridized carbons (Fsp3) is 0.571. The highest BCUT2D eigenvalue weighted by atomic mass is 16.2. The van der Waals surface area contributed by atoms with E-state index in [0.717, 1.165) is 37.7 Å². The Morgan fingerprint density at radius 2 is 2.06 bits per heavy atom. The van der Waals surface area contributed by atoms with Gasteiger partial charge in [-0.1, -0.05) is 0 Å². The molecule has 0 aromatic carbocycles. The summed E-state index contributed by atoms with van der Waals surface area (Å²) >= 11 is 0. The SMILES string of the molecule is NC1(C(=O)N(Cc2ccncc2)C2CC2)CCC1. The molecule has 18 heavy (non-hydrogen) atoms. The molecule has 2 aliphatic rings. The van der Waals surface area contributed by atoms with E-state index in [2.05, 4.69) is 4.98 Å². The van der Waals surface area contributed by atoms with Crippen molar-refractivity contribution >= 4 is 5.91 Å². The van der Waals surface area contributed by atoms with Gasteiger partial charge in [-0.25, -0.2) is 0 Å². The van der Waals surface area contributed by atoms with Crippen LogP contribution in [0.2, 0.25) is 0 Å². The molecule has 0 unspecified atom stereocenters. The minimum Gasteiger partial charge on any atom is -0.334 e. The lowest BCUT2D eigenvalue weighted by Gasteiger charge is -2.40. The minimum absolute atomic E-state index is 0.146. The van der Waals surface area contributed by atoms with E-state index in [-0.39, 0.29) is 5.91 Å². The first-order chi connectivity index (χ1) is 8.69. The number of nitrogens with two attached hydrogens (primary N) is 1. The average Bonchev–Trinajstić information content (AvgIpc) is 3.18. The van der Waals surface area contributed by atoms with Crippen molar-refractivity contribution in [2.45, 2.75) is 50.2 Å². The van der Waals surface area contributed by atoms with Gasteiger partial charge in [-0.3, -0.25) is 9.78 Å². The number of aromatic nitrogens is 1. The number of pyridine rings is 1. The van der Waals surface area contributed by atoms with E-state index >= 15 is 0 Å². The second-order valence-corrected chi connectivity index (χ2v) is 5.53. The number of carbonyl (C=O) groups excluding carboxylic acids is 1. The van der Waals surface area contributed by atoms with Crippen molar-refractivity contribution < 1.29 is 4.79 Å². The number of amides is 1. The van der Waals surface area contributed by atoms with Gasteiger partial charge in [0.1, 0.15) is 0 Å². The van der Waals surface area contributed by atoms with Crippen molar-refractivity contribution in [1.29, 1.82) is 0 Å². The molecule has 2 fully saturated rings. The fourth-order valence-electron chi connectivity index (χ4n) is 2.50. The van der Waals surface area contributed by atoms with Gasteiger partial charge in [0.2, 0.25) is 5.91 Å². The fourth-order valence-corrected chi connectivity index (χ4v) is 2.50. The summed E-state index contributed by atoms with van der Waals surface area (Å²) in [5.74, 6) is 0.146. The molecule has 96 valence electrons. The van der Waals surface area contributed by atoms with Crippen LogP contribution in [-0.4, -0.2) is 27.4 Å². The van der Waals surface area contributed by atoms with Crippen molar-refractivity contribution in [2.24, 2.45) is 5.73 Å². The Bertz CT molecular complexity index is 438. The van der Waals surface area contributed by atoms with Crippen molar-refractivity contribution in [3.8, 4) is 0 Å². The van der Waals surface area contributed by atoms with Crippen LogP contribution in [0.3, 0.4) is 0 Å². The number of carbonyl (C=O) groups is 1. The van der Waals surface area contributed by atoms with Gasteiger partial charge in [0, 0.05) is 25.0 Å². The first-order valence-corrected chi connectivity index (χ1v) is 6.68. The Morgan fingerprint density at radius 1 is 1.39 bits per heavy atom. The highest BCUT2D eigenvalue weighted by molar-refractivity contribution is 5.87. The van der Waals surface area contributed by atoms with Crippen molar-refractivity contribution in [2.75, 3.05) is 0 Å². The van der Waals surface area contributed by atoms with Crippen LogP contribution >= 0.6 is 0 Å². The van der Waals surface area contributed by atoms with Crippen LogP contribution < -0.4 is 5.73 Å². The molecule has 2 aliphatic carbocycles. The van der Waals surface area contributed by atoms with E-state index in [0.29, 0.717) is 12.6 Å². The smallest absolute Gasteiger partial charge is 0.243 e. The summed E-state index contributed by atoms with van der Waals surface area (Å²) in [5.41, 5.74) is 6.72. The molecule has 0 spiro atoms. The normalized spacial score (nSPS) is 21.2. The molecule has 2 saturated carbocycles. The van der Waals surface area contributed by atoms with Crippen molar-refractivity contribution in [1.82, 2.24) is 9.88 Å².